The van der Waals surface area contributed by atoms with Crippen LogP contribution in [0.5, 0.6) is 5.75 Å². The van der Waals surface area contributed by atoms with Gasteiger partial charge in [-0.15, -0.1) is 4.40 Å². The van der Waals surface area contributed by atoms with Crippen LogP contribution in [0.3, 0.4) is 0 Å². The van der Waals surface area contributed by atoms with Gasteiger partial charge in [0.2, 0.25) is 5.91 Å². The van der Waals surface area contributed by atoms with Crippen LogP contribution >= 0.6 is 0 Å². The predicted molar refractivity (Wildman–Crippen MR) is 131 cm³/mol. The topological polar surface area (TPSA) is 101 Å². The number of sulfonamides is 1. The predicted octanol–water partition coefficient (Wildman–Crippen LogP) is 1.80. The number of nitrogens with one attached hydrogen (secondary N) is 1. The number of methoxy groups -OCH3 is 1. The van der Waals surface area contributed by atoms with Crippen molar-refractivity contribution in [2.75, 3.05) is 46.5 Å². The van der Waals surface area contributed by atoms with E-state index in [4.69, 9.17) is 9.47 Å². The molecular weight excluding hydrogens is 468 g/mol. The van der Waals surface area contributed by atoms with Crippen molar-refractivity contribution in [1.82, 2.24) is 15.1 Å². The van der Waals surface area contributed by atoms with Crippen molar-refractivity contribution in [3.8, 4) is 5.75 Å². The summed E-state index contributed by atoms with van der Waals surface area (Å²) in [4.78, 5) is 17.8. The fraction of sp³-hybridized carbons (Fsp3) is 0.440. The lowest BCUT2D eigenvalue weighted by molar-refractivity contribution is -0.124. The molecule has 2 saturated heterocycles. The van der Waals surface area contributed by atoms with E-state index in [1.807, 2.05) is 29.2 Å². The van der Waals surface area contributed by atoms with Crippen LogP contribution in [0, 0.1) is 0 Å². The average molecular weight is 499 g/mol. The molecule has 0 saturated carbocycles. The van der Waals surface area contributed by atoms with Gasteiger partial charge in [0.05, 0.1) is 26.4 Å². The normalized spacial score (nSPS) is 22.4. The lowest BCUT2D eigenvalue weighted by Crippen LogP contribution is -2.49. The van der Waals surface area contributed by atoms with Crippen molar-refractivity contribution in [2.24, 2.45) is 4.40 Å². The van der Waals surface area contributed by atoms with E-state index in [2.05, 4.69) is 14.6 Å². The molecule has 0 aliphatic carbocycles. The molecule has 0 aromatic heterocycles. The molecule has 186 valence electrons. The first kappa shape index (κ1) is 23.8. The number of likely N-dealkylation sites (tertiary alicyclic amines) is 1. The lowest BCUT2D eigenvalue weighted by Gasteiger charge is -2.35. The van der Waals surface area contributed by atoms with Gasteiger partial charge in [-0.25, -0.2) is 0 Å². The minimum atomic E-state index is -3.74. The number of amides is 1. The quantitative estimate of drug-likeness (QED) is 0.648. The summed E-state index contributed by atoms with van der Waals surface area (Å²) in [6.45, 7) is 3.92. The maximum absolute atomic E-state index is 13.4. The van der Waals surface area contributed by atoms with E-state index in [-0.39, 0.29) is 16.8 Å². The zero-order chi connectivity index (χ0) is 24.4. The second-order valence-corrected chi connectivity index (χ2v) is 10.5. The average Bonchev–Trinajstić information content (AvgIpc) is 3.48. The van der Waals surface area contributed by atoms with Crippen LogP contribution in [0.2, 0.25) is 0 Å². The lowest BCUT2D eigenvalue weighted by atomic mass is 10.0. The van der Waals surface area contributed by atoms with Crippen molar-refractivity contribution in [3.05, 3.63) is 59.7 Å². The SMILES string of the molecule is COc1ccc(C(CNC(=O)[C@@H]2CCCN2C2=NS(=O)(=O)c3ccccc32)N2CCOCC2)cc1. The van der Waals surface area contributed by atoms with Gasteiger partial charge in [-0.3, -0.25) is 9.69 Å². The number of carbonyl (C=O) groups excluding carboxylic acids is 1. The monoisotopic (exact) mass is 498 g/mol. The Bertz CT molecular complexity index is 1210. The fourth-order valence-electron chi connectivity index (χ4n) is 5.08. The molecule has 0 radical (unpaired) electrons. The minimum Gasteiger partial charge on any atom is -0.497 e. The summed E-state index contributed by atoms with van der Waals surface area (Å²) < 4.78 is 40.0. The first-order valence-electron chi connectivity index (χ1n) is 11.9. The summed E-state index contributed by atoms with van der Waals surface area (Å²) in [6, 6.07) is 14.3. The number of nitrogens with zero attached hydrogens (tertiary/aromatic N) is 3. The van der Waals surface area contributed by atoms with Gasteiger partial charge >= 0.3 is 0 Å². The van der Waals surface area contributed by atoms with Gasteiger partial charge in [0.15, 0.2) is 5.84 Å². The first-order chi connectivity index (χ1) is 17.0. The number of amidine groups is 1. The largest absolute Gasteiger partial charge is 0.497 e. The van der Waals surface area contributed by atoms with Crippen LogP contribution < -0.4 is 10.1 Å². The molecule has 3 aliphatic heterocycles. The van der Waals surface area contributed by atoms with E-state index < -0.39 is 16.1 Å². The molecule has 5 rings (SSSR count). The summed E-state index contributed by atoms with van der Waals surface area (Å²) >= 11 is 0. The van der Waals surface area contributed by atoms with Gasteiger partial charge in [0, 0.05) is 31.7 Å². The highest BCUT2D eigenvalue weighted by Crippen LogP contribution is 2.31. The van der Waals surface area contributed by atoms with Crippen LogP contribution in [0.25, 0.3) is 0 Å². The van der Waals surface area contributed by atoms with E-state index in [0.717, 1.165) is 30.8 Å². The van der Waals surface area contributed by atoms with Crippen LogP contribution in [0.15, 0.2) is 57.8 Å². The fourth-order valence-corrected chi connectivity index (χ4v) is 6.29. The Balaban J connectivity index is 1.33. The Morgan fingerprint density at radius 1 is 1.14 bits per heavy atom. The number of carbonyl (C=O) groups is 1. The number of ether oxygens (including phenoxy) is 2. The Hall–Kier alpha value is -2.95. The van der Waals surface area contributed by atoms with Crippen LogP contribution in [0.1, 0.15) is 30.0 Å². The molecule has 2 atom stereocenters. The molecule has 2 aromatic carbocycles. The van der Waals surface area contributed by atoms with Gasteiger partial charge < -0.3 is 19.7 Å². The Morgan fingerprint density at radius 2 is 1.89 bits per heavy atom. The van der Waals surface area contributed by atoms with Crippen molar-refractivity contribution >= 4 is 21.8 Å². The molecule has 35 heavy (non-hydrogen) atoms. The highest BCUT2D eigenvalue weighted by molar-refractivity contribution is 7.90. The van der Waals surface area contributed by atoms with Gasteiger partial charge in [0.25, 0.3) is 10.0 Å². The number of hydrogen-bond acceptors (Lipinski definition) is 7. The third-order valence-electron chi connectivity index (χ3n) is 6.90. The highest BCUT2D eigenvalue weighted by atomic mass is 32.2. The standard InChI is InChI=1S/C25H30N4O5S/c1-33-19-10-8-18(9-11-19)22(28-13-15-34-16-14-28)17-26-25(30)21-6-4-12-29(21)24-20-5-2-3-7-23(20)35(31,32)27-24/h2-3,5,7-11,21-22H,4,6,12-17H2,1H3,(H,26,30)/t21-,22?/m0/s1. The summed E-state index contributed by atoms with van der Waals surface area (Å²) in [5.41, 5.74) is 1.66. The molecule has 2 fully saturated rings. The van der Waals surface area contributed by atoms with Gasteiger partial charge in [0.1, 0.15) is 16.7 Å². The molecule has 3 heterocycles. The molecule has 0 bridgehead atoms. The van der Waals surface area contributed by atoms with E-state index in [0.29, 0.717) is 44.1 Å². The Labute approximate surface area is 205 Å². The zero-order valence-corrected chi connectivity index (χ0v) is 20.5. The summed E-state index contributed by atoms with van der Waals surface area (Å²) in [5, 5.41) is 3.15. The van der Waals surface area contributed by atoms with Crippen molar-refractivity contribution in [3.63, 3.8) is 0 Å². The first-order valence-corrected chi connectivity index (χ1v) is 13.4. The van der Waals surface area contributed by atoms with Gasteiger partial charge in [-0.2, -0.15) is 8.42 Å². The van der Waals surface area contributed by atoms with Crippen molar-refractivity contribution in [2.45, 2.75) is 29.8 Å². The summed E-state index contributed by atoms with van der Waals surface area (Å²) in [7, 11) is -2.10. The molecule has 0 spiro atoms. The molecule has 9 nitrogen and oxygen atoms in total. The van der Waals surface area contributed by atoms with E-state index in [9.17, 15) is 13.2 Å². The molecule has 1 amide bonds. The molecule has 1 unspecified atom stereocenters. The van der Waals surface area contributed by atoms with Crippen LogP contribution in [-0.2, 0) is 19.6 Å². The Morgan fingerprint density at radius 3 is 2.63 bits per heavy atom. The van der Waals surface area contributed by atoms with E-state index in [1.165, 1.54) is 0 Å². The van der Waals surface area contributed by atoms with Crippen molar-refractivity contribution < 1.29 is 22.7 Å². The molecule has 10 heteroatoms. The second kappa shape index (κ2) is 9.96. The molecule has 2 aromatic rings. The van der Waals surface area contributed by atoms with Gasteiger partial charge in [-0.05, 0) is 42.7 Å². The van der Waals surface area contributed by atoms with Crippen LogP contribution in [0.4, 0.5) is 0 Å². The third-order valence-corrected chi connectivity index (χ3v) is 8.22. The number of fused-ring (bicyclic) bond motifs is 1. The zero-order valence-electron chi connectivity index (χ0n) is 19.7. The summed E-state index contributed by atoms with van der Waals surface area (Å²) in [6.07, 6.45) is 1.45. The molecular formula is C25H30N4O5S. The number of morpholine rings is 1. The smallest absolute Gasteiger partial charge is 0.285 e. The van der Waals surface area contributed by atoms with E-state index >= 15 is 0 Å². The maximum atomic E-state index is 13.4. The van der Waals surface area contributed by atoms with Gasteiger partial charge in [-0.1, -0.05) is 24.3 Å². The highest BCUT2D eigenvalue weighted by Gasteiger charge is 2.39. The van der Waals surface area contributed by atoms with Crippen molar-refractivity contribution in [1.29, 1.82) is 0 Å². The van der Waals surface area contributed by atoms with Crippen LogP contribution in [-0.4, -0.2) is 82.5 Å². The van der Waals surface area contributed by atoms with E-state index in [1.54, 1.807) is 31.4 Å². The Kier molecular flexibility index (Phi) is 6.77. The molecule has 3 aliphatic rings. The second-order valence-electron chi connectivity index (χ2n) is 8.92. The third kappa shape index (κ3) is 4.78. The summed E-state index contributed by atoms with van der Waals surface area (Å²) in [5.74, 6) is 1.05. The number of hydrogen-bond donors (Lipinski definition) is 1. The number of benzene rings is 2. The number of rotatable bonds is 6. The molecule has 1 N–H and O–H groups in total. The maximum Gasteiger partial charge on any atom is 0.285 e. The minimum absolute atomic E-state index is 0.00599.